The molecule has 1 aromatic heterocycles. The molecule has 3 aromatic rings. The average Bonchev–Trinajstić information content (AvgIpc) is 3.05. The van der Waals surface area contributed by atoms with Gasteiger partial charge < -0.3 is 14.2 Å². The van der Waals surface area contributed by atoms with Gasteiger partial charge >= 0.3 is 5.97 Å². The third-order valence-corrected chi connectivity index (χ3v) is 5.53. The van der Waals surface area contributed by atoms with Crippen molar-refractivity contribution in [3.63, 3.8) is 0 Å². The summed E-state index contributed by atoms with van der Waals surface area (Å²) in [5.74, 6) is -0.287. The van der Waals surface area contributed by atoms with Gasteiger partial charge in [-0.05, 0) is 50.7 Å². The average molecular weight is 413 g/mol. The van der Waals surface area contributed by atoms with Gasteiger partial charge in [0.05, 0.1) is 12.3 Å². The fraction of sp³-hybridized carbons (Fsp3) is 0.375. The van der Waals surface area contributed by atoms with Crippen LogP contribution in [-0.4, -0.2) is 41.7 Å². The third-order valence-electron chi connectivity index (χ3n) is 5.30. The zero-order chi connectivity index (χ0) is 20.8. The molecule has 154 valence electrons. The van der Waals surface area contributed by atoms with E-state index < -0.39 is 0 Å². The van der Waals surface area contributed by atoms with E-state index in [1.807, 2.05) is 43.3 Å². The molecule has 0 bridgehead atoms. The summed E-state index contributed by atoms with van der Waals surface area (Å²) in [5, 5.41) is 2.52. The highest BCUT2D eigenvalue weighted by Crippen LogP contribution is 2.36. The Kier molecular flexibility index (Phi) is 7.34. The van der Waals surface area contributed by atoms with E-state index in [1.54, 1.807) is 0 Å². The maximum atomic E-state index is 12.9. The van der Waals surface area contributed by atoms with Crippen molar-refractivity contribution in [3.05, 3.63) is 59.2 Å². The molecule has 0 spiro atoms. The van der Waals surface area contributed by atoms with E-state index in [9.17, 15) is 4.79 Å². The largest absolute Gasteiger partial charge is 0.461 e. The lowest BCUT2D eigenvalue weighted by molar-refractivity contribution is 0.0516. The van der Waals surface area contributed by atoms with Crippen molar-refractivity contribution in [1.82, 2.24) is 9.47 Å². The van der Waals surface area contributed by atoms with Crippen LogP contribution in [0.15, 0.2) is 48.5 Å². The molecule has 1 heterocycles. The molecule has 0 saturated carbocycles. The summed E-state index contributed by atoms with van der Waals surface area (Å²) in [4.78, 5) is 15.3. The quantitative estimate of drug-likeness (QED) is 0.412. The molecule has 0 aliphatic heterocycles. The van der Waals surface area contributed by atoms with E-state index in [0.717, 1.165) is 54.6 Å². The minimum absolute atomic E-state index is 0.287. The highest BCUT2D eigenvalue weighted by Gasteiger charge is 2.24. The van der Waals surface area contributed by atoms with Gasteiger partial charge in [-0.3, -0.25) is 0 Å². The SMILES string of the molecule is CCOC(=O)c1c2ccc(Cl)cc2c(-c2ccccc2)n1CCCN(CC)CC. The molecule has 0 N–H and O–H groups in total. The first kappa shape index (κ1) is 21.4. The number of esters is 1. The summed E-state index contributed by atoms with van der Waals surface area (Å²) in [6.07, 6.45) is 0.947. The number of hydrogen-bond donors (Lipinski definition) is 0. The number of aromatic nitrogens is 1. The fourth-order valence-corrected chi connectivity index (χ4v) is 4.04. The highest BCUT2D eigenvalue weighted by atomic mass is 35.5. The minimum Gasteiger partial charge on any atom is -0.461 e. The van der Waals surface area contributed by atoms with E-state index in [1.165, 1.54) is 0 Å². The lowest BCUT2D eigenvalue weighted by Crippen LogP contribution is -2.25. The van der Waals surface area contributed by atoms with Gasteiger partial charge in [-0.1, -0.05) is 61.8 Å². The van der Waals surface area contributed by atoms with Crippen molar-refractivity contribution >= 4 is 28.3 Å². The van der Waals surface area contributed by atoms with Crippen molar-refractivity contribution in [1.29, 1.82) is 0 Å². The first-order valence-corrected chi connectivity index (χ1v) is 10.7. The zero-order valence-electron chi connectivity index (χ0n) is 17.5. The Morgan fingerprint density at radius 1 is 1.03 bits per heavy atom. The second-order valence-corrected chi connectivity index (χ2v) is 7.44. The van der Waals surface area contributed by atoms with Crippen LogP contribution in [0.2, 0.25) is 5.02 Å². The molecule has 0 aliphatic carbocycles. The summed E-state index contributed by atoms with van der Waals surface area (Å²) in [6.45, 7) is 10.3. The van der Waals surface area contributed by atoms with Crippen molar-refractivity contribution in [2.45, 2.75) is 33.7 Å². The molecule has 29 heavy (non-hydrogen) atoms. The van der Waals surface area contributed by atoms with Crippen LogP contribution in [0.4, 0.5) is 0 Å². The summed E-state index contributed by atoms with van der Waals surface area (Å²) >= 11 is 6.33. The molecule has 0 unspecified atom stereocenters. The monoisotopic (exact) mass is 412 g/mol. The van der Waals surface area contributed by atoms with Crippen LogP contribution < -0.4 is 0 Å². The van der Waals surface area contributed by atoms with Crippen LogP contribution >= 0.6 is 11.6 Å². The molecule has 0 saturated heterocycles. The van der Waals surface area contributed by atoms with Crippen molar-refractivity contribution in [2.75, 3.05) is 26.2 Å². The molecule has 0 fully saturated rings. The number of hydrogen-bond acceptors (Lipinski definition) is 3. The molecule has 2 aromatic carbocycles. The molecular weight excluding hydrogens is 384 g/mol. The first-order valence-electron chi connectivity index (χ1n) is 10.4. The van der Waals surface area contributed by atoms with Gasteiger partial charge in [-0.25, -0.2) is 4.79 Å². The summed E-state index contributed by atoms with van der Waals surface area (Å²) in [7, 11) is 0. The normalized spacial score (nSPS) is 11.3. The minimum atomic E-state index is -0.287. The van der Waals surface area contributed by atoms with Gasteiger partial charge in [-0.15, -0.1) is 0 Å². The Morgan fingerprint density at radius 2 is 1.76 bits per heavy atom. The van der Waals surface area contributed by atoms with Gasteiger partial charge in [-0.2, -0.15) is 0 Å². The molecule has 0 atom stereocenters. The van der Waals surface area contributed by atoms with Gasteiger partial charge in [0, 0.05) is 22.3 Å². The van der Waals surface area contributed by atoms with Crippen LogP contribution in [0.3, 0.4) is 0 Å². The van der Waals surface area contributed by atoms with Gasteiger partial charge in [0.25, 0.3) is 0 Å². The highest BCUT2D eigenvalue weighted by molar-refractivity contribution is 6.31. The molecule has 3 rings (SSSR count). The van der Waals surface area contributed by atoms with Crippen LogP contribution in [0, 0.1) is 0 Å². The van der Waals surface area contributed by atoms with E-state index in [0.29, 0.717) is 17.3 Å². The third kappa shape index (κ3) is 4.65. The second-order valence-electron chi connectivity index (χ2n) is 7.01. The molecule has 5 heteroatoms. The topological polar surface area (TPSA) is 34.5 Å². The Morgan fingerprint density at radius 3 is 2.41 bits per heavy atom. The maximum absolute atomic E-state index is 12.9. The second kappa shape index (κ2) is 9.95. The van der Waals surface area contributed by atoms with Crippen LogP contribution in [-0.2, 0) is 11.3 Å². The van der Waals surface area contributed by atoms with Crippen LogP contribution in [0.1, 0.15) is 37.7 Å². The van der Waals surface area contributed by atoms with Crippen molar-refractivity contribution < 1.29 is 9.53 Å². The number of ether oxygens (including phenoxy) is 1. The van der Waals surface area contributed by atoms with Gasteiger partial charge in [0.1, 0.15) is 5.69 Å². The Balaban J connectivity index is 2.16. The number of halogens is 1. The van der Waals surface area contributed by atoms with Crippen LogP contribution in [0.5, 0.6) is 0 Å². The van der Waals surface area contributed by atoms with E-state index in [4.69, 9.17) is 16.3 Å². The smallest absolute Gasteiger partial charge is 0.355 e. The van der Waals surface area contributed by atoms with Crippen molar-refractivity contribution in [3.8, 4) is 11.3 Å². The maximum Gasteiger partial charge on any atom is 0.355 e. The number of nitrogens with zero attached hydrogens (tertiary/aromatic N) is 2. The number of benzene rings is 2. The molecule has 4 nitrogen and oxygen atoms in total. The van der Waals surface area contributed by atoms with Gasteiger partial charge in [0.2, 0.25) is 0 Å². The Hall–Kier alpha value is -2.30. The Bertz CT molecular complexity index is 962. The van der Waals surface area contributed by atoms with E-state index in [2.05, 4.69) is 35.4 Å². The first-order chi connectivity index (χ1) is 14.1. The number of rotatable bonds is 9. The van der Waals surface area contributed by atoms with Gasteiger partial charge in [0.15, 0.2) is 0 Å². The lowest BCUT2D eigenvalue weighted by Gasteiger charge is -2.19. The van der Waals surface area contributed by atoms with E-state index >= 15 is 0 Å². The molecule has 0 aliphatic rings. The van der Waals surface area contributed by atoms with Crippen LogP contribution in [0.25, 0.3) is 22.0 Å². The molecule has 0 radical (unpaired) electrons. The summed E-state index contributed by atoms with van der Waals surface area (Å²) < 4.78 is 7.55. The number of carbonyl (C=O) groups excluding carboxylic acids is 1. The predicted molar refractivity (Wildman–Crippen MR) is 121 cm³/mol. The van der Waals surface area contributed by atoms with Crippen molar-refractivity contribution in [2.24, 2.45) is 0 Å². The zero-order valence-corrected chi connectivity index (χ0v) is 18.2. The van der Waals surface area contributed by atoms with E-state index in [-0.39, 0.29) is 5.97 Å². The molecular formula is C24H29ClN2O2. The summed E-state index contributed by atoms with van der Waals surface area (Å²) in [5.41, 5.74) is 2.70. The lowest BCUT2D eigenvalue weighted by atomic mass is 10.1. The standard InChI is InChI=1S/C24H29ClN2O2/c1-4-26(5-2)15-10-16-27-22(18-11-8-7-9-12-18)21-17-19(25)13-14-20(21)23(27)24(28)29-6-3/h7-9,11-14,17H,4-6,10,15-16H2,1-3H3. The Labute approximate surface area is 178 Å². The fourth-order valence-electron chi connectivity index (χ4n) is 3.86. The summed E-state index contributed by atoms with van der Waals surface area (Å²) in [6, 6.07) is 15.9. The molecule has 0 amide bonds. The number of fused-ring (bicyclic) bond motifs is 1. The predicted octanol–water partition coefficient (Wildman–Crippen LogP) is 5.87. The number of carbonyl (C=O) groups is 1.